The normalized spacial score (nSPS) is 22.2. The van der Waals surface area contributed by atoms with Gasteiger partial charge in [-0.25, -0.2) is 12.8 Å². The van der Waals surface area contributed by atoms with Crippen molar-refractivity contribution < 1.29 is 17.9 Å². The first-order valence-corrected chi connectivity index (χ1v) is 7.44. The Labute approximate surface area is 100 Å². The summed E-state index contributed by atoms with van der Waals surface area (Å²) in [5, 5.41) is 10.1. The van der Waals surface area contributed by atoms with E-state index in [1.165, 1.54) is 12.1 Å². The van der Waals surface area contributed by atoms with Crippen molar-refractivity contribution in [3.05, 3.63) is 35.6 Å². The molecular formula is C12H15FO3S. The van der Waals surface area contributed by atoms with E-state index >= 15 is 0 Å². The van der Waals surface area contributed by atoms with Crippen LogP contribution >= 0.6 is 0 Å². The third-order valence-corrected chi connectivity index (χ3v) is 4.97. The molecule has 0 aliphatic carbocycles. The molecule has 1 aliphatic heterocycles. The fourth-order valence-corrected chi connectivity index (χ4v) is 3.68. The first-order chi connectivity index (χ1) is 7.98. The van der Waals surface area contributed by atoms with E-state index < -0.39 is 15.9 Å². The maximum absolute atomic E-state index is 12.7. The van der Waals surface area contributed by atoms with Gasteiger partial charge in [-0.1, -0.05) is 12.1 Å². The third kappa shape index (κ3) is 3.04. The van der Waals surface area contributed by atoms with Gasteiger partial charge in [0.1, 0.15) is 15.7 Å². The van der Waals surface area contributed by atoms with Crippen molar-refractivity contribution in [2.45, 2.75) is 18.9 Å². The Bertz CT molecular complexity index is 467. The highest BCUT2D eigenvalue weighted by molar-refractivity contribution is 7.91. The highest BCUT2D eigenvalue weighted by Gasteiger charge is 2.29. The molecule has 1 saturated heterocycles. The molecule has 1 aliphatic rings. The minimum Gasteiger partial charge on any atom is -0.388 e. The number of hydrogen-bond donors (Lipinski definition) is 1. The van der Waals surface area contributed by atoms with E-state index in [-0.39, 0.29) is 23.2 Å². The van der Waals surface area contributed by atoms with Gasteiger partial charge in [0.2, 0.25) is 0 Å². The SMILES string of the molecule is O=S1(=O)CCC(C(O)c2ccc(F)cc2)CC1. The molecule has 1 N–H and O–H groups in total. The molecule has 0 radical (unpaired) electrons. The molecule has 94 valence electrons. The van der Waals surface area contributed by atoms with Gasteiger partial charge < -0.3 is 5.11 Å². The Morgan fingerprint density at radius 2 is 1.71 bits per heavy atom. The number of hydrogen-bond acceptors (Lipinski definition) is 3. The maximum Gasteiger partial charge on any atom is 0.150 e. The summed E-state index contributed by atoms with van der Waals surface area (Å²) in [7, 11) is -2.91. The van der Waals surface area contributed by atoms with E-state index in [1.807, 2.05) is 0 Å². The van der Waals surface area contributed by atoms with E-state index in [0.29, 0.717) is 18.4 Å². The zero-order valence-electron chi connectivity index (χ0n) is 9.34. The summed E-state index contributed by atoms with van der Waals surface area (Å²) in [5.74, 6) is -0.123. The van der Waals surface area contributed by atoms with Crippen molar-refractivity contribution in [3.63, 3.8) is 0 Å². The second kappa shape index (κ2) is 4.74. The second-order valence-electron chi connectivity index (χ2n) is 4.49. The van der Waals surface area contributed by atoms with Crippen LogP contribution < -0.4 is 0 Å². The Kier molecular flexibility index (Phi) is 3.49. The molecule has 1 atom stereocenters. The van der Waals surface area contributed by atoms with Crippen LogP contribution in [0.3, 0.4) is 0 Å². The lowest BCUT2D eigenvalue weighted by Crippen LogP contribution is -2.27. The summed E-state index contributed by atoms with van der Waals surface area (Å²) in [6.07, 6.45) is 0.243. The highest BCUT2D eigenvalue weighted by Crippen LogP contribution is 2.31. The third-order valence-electron chi connectivity index (χ3n) is 3.26. The Balaban J connectivity index is 2.06. The van der Waals surface area contributed by atoms with Crippen LogP contribution in [0.15, 0.2) is 24.3 Å². The van der Waals surface area contributed by atoms with Crippen LogP contribution in [-0.4, -0.2) is 25.0 Å². The van der Waals surface area contributed by atoms with E-state index in [2.05, 4.69) is 0 Å². The quantitative estimate of drug-likeness (QED) is 0.878. The molecular weight excluding hydrogens is 243 g/mol. The van der Waals surface area contributed by atoms with E-state index in [9.17, 15) is 17.9 Å². The molecule has 0 spiro atoms. The van der Waals surface area contributed by atoms with Crippen LogP contribution in [0.25, 0.3) is 0 Å². The van der Waals surface area contributed by atoms with Crippen LogP contribution in [0.5, 0.6) is 0 Å². The van der Waals surface area contributed by atoms with Crippen molar-refractivity contribution in [2.24, 2.45) is 5.92 Å². The minimum atomic E-state index is -2.91. The van der Waals surface area contributed by atoms with Gasteiger partial charge >= 0.3 is 0 Å². The molecule has 1 fully saturated rings. The predicted octanol–water partition coefficient (Wildman–Crippen LogP) is 1.68. The largest absolute Gasteiger partial charge is 0.388 e. The summed E-state index contributed by atoms with van der Waals surface area (Å²) in [4.78, 5) is 0. The van der Waals surface area contributed by atoms with Crippen LogP contribution in [0.4, 0.5) is 4.39 Å². The summed E-state index contributed by atoms with van der Waals surface area (Å²) in [5.41, 5.74) is 0.649. The molecule has 0 aromatic heterocycles. The molecule has 0 bridgehead atoms. The van der Waals surface area contributed by atoms with Crippen molar-refractivity contribution >= 4 is 9.84 Å². The van der Waals surface area contributed by atoms with Gasteiger partial charge in [-0.15, -0.1) is 0 Å². The molecule has 1 heterocycles. The lowest BCUT2D eigenvalue weighted by atomic mass is 9.91. The predicted molar refractivity (Wildman–Crippen MR) is 62.7 cm³/mol. The molecule has 0 saturated carbocycles. The molecule has 1 aromatic rings. The highest BCUT2D eigenvalue weighted by atomic mass is 32.2. The molecule has 0 amide bonds. The van der Waals surface area contributed by atoms with Gasteiger partial charge in [0, 0.05) is 0 Å². The Morgan fingerprint density at radius 3 is 2.24 bits per heavy atom. The number of aliphatic hydroxyl groups is 1. The maximum atomic E-state index is 12.7. The summed E-state index contributed by atoms with van der Waals surface area (Å²) >= 11 is 0. The monoisotopic (exact) mass is 258 g/mol. The lowest BCUT2D eigenvalue weighted by molar-refractivity contribution is 0.102. The first kappa shape index (κ1) is 12.5. The standard InChI is InChI=1S/C12H15FO3S/c13-11-3-1-9(2-4-11)12(14)10-5-7-17(15,16)8-6-10/h1-4,10,12,14H,5-8H2. The van der Waals surface area contributed by atoms with Gasteiger partial charge in [0.05, 0.1) is 17.6 Å². The van der Waals surface area contributed by atoms with E-state index in [1.54, 1.807) is 12.1 Å². The molecule has 5 heteroatoms. The van der Waals surface area contributed by atoms with Crippen molar-refractivity contribution in [2.75, 3.05) is 11.5 Å². The van der Waals surface area contributed by atoms with Crippen LogP contribution in [0.1, 0.15) is 24.5 Å². The number of rotatable bonds is 2. The molecule has 3 nitrogen and oxygen atoms in total. The van der Waals surface area contributed by atoms with Gasteiger partial charge in [0.25, 0.3) is 0 Å². The first-order valence-electron chi connectivity index (χ1n) is 5.62. The summed E-state index contributed by atoms with van der Waals surface area (Å²) in [6, 6.07) is 5.70. The number of halogens is 1. The van der Waals surface area contributed by atoms with Crippen molar-refractivity contribution in [1.82, 2.24) is 0 Å². The average Bonchev–Trinajstić information content (AvgIpc) is 2.29. The smallest absolute Gasteiger partial charge is 0.150 e. The van der Waals surface area contributed by atoms with E-state index in [0.717, 1.165) is 0 Å². The van der Waals surface area contributed by atoms with Crippen LogP contribution in [0.2, 0.25) is 0 Å². The zero-order valence-corrected chi connectivity index (χ0v) is 10.2. The summed E-state index contributed by atoms with van der Waals surface area (Å²) in [6.45, 7) is 0. The van der Waals surface area contributed by atoms with Gasteiger partial charge in [-0.3, -0.25) is 0 Å². The molecule has 1 unspecified atom stereocenters. The second-order valence-corrected chi connectivity index (χ2v) is 6.79. The number of benzene rings is 1. The topological polar surface area (TPSA) is 54.4 Å². The number of aliphatic hydroxyl groups excluding tert-OH is 1. The van der Waals surface area contributed by atoms with Crippen molar-refractivity contribution in [3.8, 4) is 0 Å². The zero-order chi connectivity index (χ0) is 12.5. The minimum absolute atomic E-state index is 0.0519. The van der Waals surface area contributed by atoms with Crippen LogP contribution in [-0.2, 0) is 9.84 Å². The average molecular weight is 258 g/mol. The van der Waals surface area contributed by atoms with Crippen molar-refractivity contribution in [1.29, 1.82) is 0 Å². The molecule has 1 aromatic carbocycles. The molecule has 17 heavy (non-hydrogen) atoms. The lowest BCUT2D eigenvalue weighted by Gasteiger charge is -2.26. The Morgan fingerprint density at radius 1 is 1.18 bits per heavy atom. The molecule has 2 rings (SSSR count). The fourth-order valence-electron chi connectivity index (χ4n) is 2.16. The van der Waals surface area contributed by atoms with Gasteiger partial charge in [0.15, 0.2) is 0 Å². The van der Waals surface area contributed by atoms with Gasteiger partial charge in [-0.2, -0.15) is 0 Å². The Hall–Kier alpha value is -0.940. The van der Waals surface area contributed by atoms with Crippen LogP contribution in [0, 0.1) is 11.7 Å². The number of sulfone groups is 1. The summed E-state index contributed by atoms with van der Waals surface area (Å²) < 4.78 is 35.3. The van der Waals surface area contributed by atoms with Gasteiger partial charge in [-0.05, 0) is 36.5 Å². The van der Waals surface area contributed by atoms with E-state index in [4.69, 9.17) is 0 Å². The fraction of sp³-hybridized carbons (Fsp3) is 0.500.